The van der Waals surface area contributed by atoms with Gasteiger partial charge in [0, 0.05) is 20.0 Å². The maximum Gasteiger partial charge on any atom is 0.317 e. The first-order valence-corrected chi connectivity index (χ1v) is 9.89. The van der Waals surface area contributed by atoms with E-state index in [0.29, 0.717) is 37.4 Å². The van der Waals surface area contributed by atoms with Gasteiger partial charge in [-0.2, -0.15) is 5.26 Å². The fraction of sp³-hybridized carbons (Fsp3) is 0.619. The smallest absolute Gasteiger partial charge is 0.317 e. The molecule has 3 rings (SSSR count). The molecule has 2 fully saturated rings. The summed E-state index contributed by atoms with van der Waals surface area (Å²) < 4.78 is 24.8. The van der Waals surface area contributed by atoms with E-state index in [1.54, 1.807) is 12.1 Å². The van der Waals surface area contributed by atoms with E-state index in [-0.39, 0.29) is 12.6 Å². The first kappa shape index (κ1) is 20.4. The van der Waals surface area contributed by atoms with Crippen molar-refractivity contribution in [2.45, 2.75) is 63.3 Å². The van der Waals surface area contributed by atoms with Gasteiger partial charge >= 0.3 is 5.97 Å². The molecular formula is C21H27FN2O4. The van der Waals surface area contributed by atoms with Gasteiger partial charge in [0.05, 0.1) is 24.1 Å². The molecule has 152 valence electrons. The van der Waals surface area contributed by atoms with E-state index in [4.69, 9.17) is 14.6 Å². The fourth-order valence-corrected chi connectivity index (χ4v) is 4.11. The molecular weight excluding hydrogens is 363 g/mol. The van der Waals surface area contributed by atoms with Crippen LogP contribution in [0.3, 0.4) is 0 Å². The summed E-state index contributed by atoms with van der Waals surface area (Å²) in [6, 6.07) is 7.74. The third-order valence-corrected chi connectivity index (χ3v) is 5.66. The Bertz CT molecular complexity index is 732. The lowest BCUT2D eigenvalue weighted by atomic mass is 9.74. The highest BCUT2D eigenvalue weighted by Gasteiger charge is 2.37. The minimum Gasteiger partial charge on any atom is -0.487 e. The van der Waals surface area contributed by atoms with E-state index >= 15 is 0 Å². The Hall–Kier alpha value is -2.33. The van der Waals surface area contributed by atoms with Crippen LogP contribution in [-0.4, -0.2) is 48.1 Å². The average molecular weight is 390 g/mol. The standard InChI is InChI=1S/C21H27FN2O4/c1-15(22)27-18-7-6-16(12-19(18)28-17-4-2-3-5-17)21(14-23)8-10-24(11-9-21)13-20(25)26/h6-7,12,15,17H,2-5,8-11,13H2,1H3,(H,25,26). The Labute approximate surface area is 164 Å². The van der Waals surface area contributed by atoms with Crippen molar-refractivity contribution < 1.29 is 23.8 Å². The quantitative estimate of drug-likeness (QED) is 0.765. The van der Waals surface area contributed by atoms with Gasteiger partial charge in [0.1, 0.15) is 0 Å². The highest BCUT2D eigenvalue weighted by molar-refractivity contribution is 5.69. The van der Waals surface area contributed by atoms with Gasteiger partial charge in [0.25, 0.3) is 0 Å². The number of alkyl halides is 1. The van der Waals surface area contributed by atoms with Crippen LogP contribution in [0.15, 0.2) is 18.2 Å². The Morgan fingerprint density at radius 3 is 2.61 bits per heavy atom. The van der Waals surface area contributed by atoms with Gasteiger partial charge in [-0.05, 0) is 56.2 Å². The van der Waals surface area contributed by atoms with Crippen LogP contribution in [0.5, 0.6) is 11.5 Å². The molecule has 1 N–H and O–H groups in total. The maximum atomic E-state index is 13.4. The van der Waals surface area contributed by atoms with E-state index in [0.717, 1.165) is 31.2 Å². The number of benzene rings is 1. The van der Waals surface area contributed by atoms with E-state index < -0.39 is 17.7 Å². The number of nitriles is 1. The molecule has 1 aliphatic carbocycles. The number of piperidine rings is 1. The summed E-state index contributed by atoms with van der Waals surface area (Å²) in [5.41, 5.74) is 0.111. The summed E-state index contributed by atoms with van der Waals surface area (Å²) in [5.74, 6) is -0.0305. The summed E-state index contributed by atoms with van der Waals surface area (Å²) in [5, 5.41) is 18.9. The number of carboxylic acid groups (broad SMARTS) is 1. The Balaban J connectivity index is 1.83. The molecule has 1 saturated carbocycles. The van der Waals surface area contributed by atoms with Crippen LogP contribution in [0.1, 0.15) is 51.0 Å². The molecule has 6 nitrogen and oxygen atoms in total. The molecule has 1 aromatic rings. The monoisotopic (exact) mass is 390 g/mol. The number of aliphatic carboxylic acids is 1. The summed E-state index contributed by atoms with van der Waals surface area (Å²) in [6.07, 6.45) is 3.86. The molecule has 7 heteroatoms. The third-order valence-electron chi connectivity index (χ3n) is 5.66. The number of nitrogens with zero attached hydrogens (tertiary/aromatic N) is 2. The Morgan fingerprint density at radius 2 is 2.04 bits per heavy atom. The van der Waals surface area contributed by atoms with Crippen molar-refractivity contribution in [1.82, 2.24) is 4.90 Å². The zero-order valence-electron chi connectivity index (χ0n) is 16.2. The molecule has 28 heavy (non-hydrogen) atoms. The lowest BCUT2D eigenvalue weighted by molar-refractivity contribution is -0.138. The molecule has 0 aromatic heterocycles. The SMILES string of the molecule is CC(F)Oc1ccc(C2(C#N)CCN(CC(=O)O)CC2)cc1OC1CCCC1. The van der Waals surface area contributed by atoms with Gasteiger partial charge in [-0.3, -0.25) is 9.69 Å². The largest absolute Gasteiger partial charge is 0.487 e. The van der Waals surface area contributed by atoms with E-state index in [1.165, 1.54) is 6.92 Å². The number of hydrogen-bond donors (Lipinski definition) is 1. The zero-order chi connectivity index (χ0) is 20.1. The first-order valence-electron chi connectivity index (χ1n) is 9.89. The minimum absolute atomic E-state index is 0.0152. The summed E-state index contributed by atoms with van der Waals surface area (Å²) in [4.78, 5) is 12.8. The summed E-state index contributed by atoms with van der Waals surface area (Å²) in [7, 11) is 0. The average Bonchev–Trinajstić information content (AvgIpc) is 3.16. The first-order chi connectivity index (χ1) is 13.4. The van der Waals surface area contributed by atoms with E-state index in [2.05, 4.69) is 6.07 Å². The van der Waals surface area contributed by atoms with Crippen LogP contribution in [0.2, 0.25) is 0 Å². The van der Waals surface area contributed by atoms with Crippen LogP contribution in [0.25, 0.3) is 0 Å². The molecule has 2 aliphatic rings. The molecule has 1 unspecified atom stereocenters. The number of rotatable bonds is 7. The highest BCUT2D eigenvalue weighted by Crippen LogP contribution is 2.40. The van der Waals surface area contributed by atoms with Crippen LogP contribution in [0.4, 0.5) is 4.39 Å². The minimum atomic E-state index is -1.46. The number of carboxylic acids is 1. The van der Waals surface area contributed by atoms with E-state index in [9.17, 15) is 14.4 Å². The second-order valence-corrected chi connectivity index (χ2v) is 7.71. The molecule has 0 spiro atoms. The fourth-order valence-electron chi connectivity index (χ4n) is 4.11. The van der Waals surface area contributed by atoms with Crippen molar-refractivity contribution in [1.29, 1.82) is 5.26 Å². The van der Waals surface area contributed by atoms with Crippen molar-refractivity contribution in [3.05, 3.63) is 23.8 Å². The number of ether oxygens (including phenoxy) is 2. The molecule has 0 bridgehead atoms. The lowest BCUT2D eigenvalue weighted by Crippen LogP contribution is -2.43. The number of likely N-dealkylation sites (tertiary alicyclic amines) is 1. The van der Waals surface area contributed by atoms with Crippen LogP contribution in [0, 0.1) is 11.3 Å². The van der Waals surface area contributed by atoms with Crippen molar-refractivity contribution in [3.8, 4) is 17.6 Å². The zero-order valence-corrected chi connectivity index (χ0v) is 16.2. The van der Waals surface area contributed by atoms with Crippen LogP contribution < -0.4 is 9.47 Å². The Kier molecular flexibility index (Phi) is 6.40. The topological polar surface area (TPSA) is 82.8 Å². The highest BCUT2D eigenvalue weighted by atomic mass is 19.1. The molecule has 1 aliphatic heterocycles. The van der Waals surface area contributed by atoms with Crippen molar-refractivity contribution in [2.75, 3.05) is 19.6 Å². The second kappa shape index (κ2) is 8.78. The molecule has 1 heterocycles. The van der Waals surface area contributed by atoms with Crippen LogP contribution in [-0.2, 0) is 10.2 Å². The van der Waals surface area contributed by atoms with Gasteiger partial charge in [-0.1, -0.05) is 6.07 Å². The predicted molar refractivity (Wildman–Crippen MR) is 101 cm³/mol. The van der Waals surface area contributed by atoms with Crippen molar-refractivity contribution in [3.63, 3.8) is 0 Å². The normalized spacial score (nSPS) is 21.0. The van der Waals surface area contributed by atoms with Gasteiger partial charge < -0.3 is 14.6 Å². The molecule has 0 radical (unpaired) electrons. The van der Waals surface area contributed by atoms with Gasteiger partial charge in [0.15, 0.2) is 11.5 Å². The summed E-state index contributed by atoms with van der Waals surface area (Å²) in [6.45, 7) is 2.39. The lowest BCUT2D eigenvalue weighted by Gasteiger charge is -2.37. The molecule has 1 saturated heterocycles. The van der Waals surface area contributed by atoms with Gasteiger partial charge in [0.2, 0.25) is 6.36 Å². The van der Waals surface area contributed by atoms with Crippen LogP contribution >= 0.6 is 0 Å². The Morgan fingerprint density at radius 1 is 1.36 bits per heavy atom. The van der Waals surface area contributed by atoms with Gasteiger partial charge in [-0.15, -0.1) is 0 Å². The number of carbonyl (C=O) groups is 1. The number of halogens is 1. The predicted octanol–water partition coefficient (Wildman–Crippen LogP) is 3.64. The molecule has 0 amide bonds. The van der Waals surface area contributed by atoms with Gasteiger partial charge in [-0.25, -0.2) is 4.39 Å². The third kappa shape index (κ3) is 4.74. The molecule has 1 atom stereocenters. The van der Waals surface area contributed by atoms with E-state index in [1.807, 2.05) is 11.0 Å². The summed E-state index contributed by atoms with van der Waals surface area (Å²) >= 11 is 0. The number of hydrogen-bond acceptors (Lipinski definition) is 5. The second-order valence-electron chi connectivity index (χ2n) is 7.71. The maximum absolute atomic E-state index is 13.4. The van der Waals surface area contributed by atoms with Crippen molar-refractivity contribution in [2.24, 2.45) is 0 Å². The van der Waals surface area contributed by atoms with Crippen molar-refractivity contribution >= 4 is 5.97 Å². The molecule has 1 aromatic carbocycles.